The van der Waals surface area contributed by atoms with Crippen molar-refractivity contribution in [3.8, 4) is 0 Å². The number of hydrogen-bond donors (Lipinski definition) is 4. The number of carboxylic acid groups (broad SMARTS) is 1. The number of carbonyl (C=O) groups excluding carboxylic acids is 1. The Morgan fingerprint density at radius 2 is 2.21 bits per heavy atom. The topological polar surface area (TPSA) is 141 Å². The molecular formula is C18H22FN5O4. The number of aromatic carboxylic acids is 1. The van der Waals surface area contributed by atoms with Crippen molar-refractivity contribution in [1.82, 2.24) is 15.3 Å². The summed E-state index contributed by atoms with van der Waals surface area (Å²) in [7, 11) is 0. The number of nitrogens with one attached hydrogen (secondary N) is 2. The molecule has 0 spiro atoms. The summed E-state index contributed by atoms with van der Waals surface area (Å²) in [6, 6.07) is 1.12. The van der Waals surface area contributed by atoms with Gasteiger partial charge in [-0.2, -0.15) is 0 Å². The van der Waals surface area contributed by atoms with Gasteiger partial charge in [-0.1, -0.05) is 0 Å². The Kier molecular flexibility index (Phi) is 6.00. The van der Waals surface area contributed by atoms with E-state index in [1.807, 2.05) is 0 Å². The first kappa shape index (κ1) is 19.9. The molecule has 150 valence electrons. The highest BCUT2D eigenvalue weighted by atomic mass is 19.1. The molecule has 1 aliphatic heterocycles. The largest absolute Gasteiger partial charge is 0.477 e. The van der Waals surface area contributed by atoms with E-state index < -0.39 is 22.8 Å². The average Bonchev–Trinajstić information content (AvgIpc) is 3.10. The van der Waals surface area contributed by atoms with Crippen molar-refractivity contribution in [2.45, 2.75) is 25.3 Å². The minimum Gasteiger partial charge on any atom is -0.477 e. The number of aromatic nitrogens is 2. The van der Waals surface area contributed by atoms with E-state index in [0.29, 0.717) is 39.0 Å². The van der Waals surface area contributed by atoms with E-state index in [4.69, 9.17) is 10.8 Å². The van der Waals surface area contributed by atoms with Crippen molar-refractivity contribution in [3.63, 3.8) is 0 Å². The Labute approximate surface area is 159 Å². The third-order valence-electron chi connectivity index (χ3n) is 4.78. The number of hydrogen-bond acceptors (Lipinski definition) is 7. The summed E-state index contributed by atoms with van der Waals surface area (Å²) >= 11 is 0. The number of carbonyl (C=O) groups is 2. The molecule has 0 amide bonds. The van der Waals surface area contributed by atoms with Crippen molar-refractivity contribution < 1.29 is 19.1 Å². The van der Waals surface area contributed by atoms with Gasteiger partial charge in [0.1, 0.15) is 17.0 Å². The number of nitrogens with two attached hydrogens (primary N) is 1. The summed E-state index contributed by atoms with van der Waals surface area (Å²) in [5.41, 5.74) is 4.25. The number of H-pyrrole nitrogens is 1. The first-order valence-corrected chi connectivity index (χ1v) is 9.06. The second kappa shape index (κ2) is 8.44. The van der Waals surface area contributed by atoms with Crippen LogP contribution in [0, 0.1) is 5.82 Å². The number of Topliss-reactive ketones (excluding diaryl/α,β-unsaturated/α-hetero) is 1. The maximum Gasteiger partial charge on any atom is 0.341 e. The first-order chi connectivity index (χ1) is 13.4. The predicted octanol–water partition coefficient (Wildman–Crippen LogP) is 0.237. The van der Waals surface area contributed by atoms with Crippen LogP contribution in [0.5, 0.6) is 0 Å². The molecule has 1 unspecified atom stereocenters. The lowest BCUT2D eigenvalue weighted by molar-refractivity contribution is -0.118. The van der Waals surface area contributed by atoms with Gasteiger partial charge < -0.3 is 26.0 Å². The standard InChI is InChI=1S/C18H22FN5O4/c19-14-7-12-15(26)13(18(27)28)8-22-16(12)23-17(14)24-6-3-10(9-24)21-5-2-11(25)1-4-20/h7-8,10,21H,1-6,9,20H2,(H,27,28)(H,22,23,26). The highest BCUT2D eigenvalue weighted by Gasteiger charge is 2.26. The molecule has 3 rings (SSSR count). The summed E-state index contributed by atoms with van der Waals surface area (Å²) in [4.78, 5) is 43.3. The molecular weight excluding hydrogens is 369 g/mol. The van der Waals surface area contributed by atoms with Gasteiger partial charge in [0.05, 0.1) is 5.39 Å². The van der Waals surface area contributed by atoms with Gasteiger partial charge in [-0.15, -0.1) is 0 Å². The van der Waals surface area contributed by atoms with E-state index in [0.717, 1.165) is 18.7 Å². The number of carboxylic acids is 1. The Bertz CT molecular complexity index is 961. The average molecular weight is 391 g/mol. The van der Waals surface area contributed by atoms with Crippen LogP contribution in [0.25, 0.3) is 11.0 Å². The molecule has 0 radical (unpaired) electrons. The molecule has 28 heavy (non-hydrogen) atoms. The van der Waals surface area contributed by atoms with Crippen LogP contribution in [0.1, 0.15) is 29.6 Å². The number of aromatic amines is 1. The quantitative estimate of drug-likeness (QED) is 0.501. The fourth-order valence-corrected chi connectivity index (χ4v) is 3.32. The van der Waals surface area contributed by atoms with Crippen LogP contribution >= 0.6 is 0 Å². The zero-order valence-electron chi connectivity index (χ0n) is 15.2. The highest BCUT2D eigenvalue weighted by Crippen LogP contribution is 2.24. The highest BCUT2D eigenvalue weighted by molar-refractivity contribution is 5.91. The van der Waals surface area contributed by atoms with Crippen molar-refractivity contribution in [1.29, 1.82) is 0 Å². The lowest BCUT2D eigenvalue weighted by Gasteiger charge is -2.19. The zero-order chi connectivity index (χ0) is 20.3. The van der Waals surface area contributed by atoms with Crippen molar-refractivity contribution >= 4 is 28.6 Å². The fourth-order valence-electron chi connectivity index (χ4n) is 3.32. The number of nitrogens with zero attached hydrogens (tertiary/aromatic N) is 2. The molecule has 5 N–H and O–H groups in total. The third kappa shape index (κ3) is 4.18. The van der Waals surface area contributed by atoms with Gasteiger partial charge in [0.25, 0.3) is 0 Å². The summed E-state index contributed by atoms with van der Waals surface area (Å²) in [5.74, 6) is -1.85. The molecule has 10 heteroatoms. The monoisotopic (exact) mass is 391 g/mol. The SMILES string of the molecule is NCCC(=O)CCNC1CCN(c2nc3[nH]cc(C(=O)O)c(=O)c3cc2F)C1. The van der Waals surface area contributed by atoms with E-state index in [1.54, 1.807) is 4.90 Å². The minimum absolute atomic E-state index is 0.0935. The lowest BCUT2D eigenvalue weighted by Crippen LogP contribution is -2.34. The van der Waals surface area contributed by atoms with Gasteiger partial charge in [0.15, 0.2) is 11.6 Å². The van der Waals surface area contributed by atoms with E-state index in [2.05, 4.69) is 15.3 Å². The number of rotatable bonds is 8. The molecule has 1 fully saturated rings. The Balaban J connectivity index is 1.71. The molecule has 3 heterocycles. The van der Waals surface area contributed by atoms with Crippen LogP contribution in [0.3, 0.4) is 0 Å². The Morgan fingerprint density at radius 1 is 1.43 bits per heavy atom. The number of fused-ring (bicyclic) bond motifs is 1. The van der Waals surface area contributed by atoms with Crippen LogP contribution in [-0.4, -0.2) is 59.0 Å². The second-order valence-corrected chi connectivity index (χ2v) is 6.74. The summed E-state index contributed by atoms with van der Waals surface area (Å²) in [6.07, 6.45) is 2.60. The van der Waals surface area contributed by atoms with Crippen molar-refractivity contribution in [2.24, 2.45) is 5.73 Å². The number of pyridine rings is 2. The Hall–Kier alpha value is -2.85. The molecule has 1 atom stereocenters. The molecule has 1 saturated heterocycles. The zero-order valence-corrected chi connectivity index (χ0v) is 15.2. The Morgan fingerprint density at radius 3 is 2.93 bits per heavy atom. The predicted molar refractivity (Wildman–Crippen MR) is 101 cm³/mol. The summed E-state index contributed by atoms with van der Waals surface area (Å²) in [5, 5.41) is 12.2. The lowest BCUT2D eigenvalue weighted by atomic mass is 10.2. The number of ketones is 1. The molecule has 0 aliphatic carbocycles. The smallest absolute Gasteiger partial charge is 0.341 e. The molecule has 0 saturated carbocycles. The summed E-state index contributed by atoms with van der Waals surface area (Å²) in [6.45, 7) is 1.97. The fraction of sp³-hybridized carbons (Fsp3) is 0.444. The third-order valence-corrected chi connectivity index (χ3v) is 4.78. The molecule has 0 bridgehead atoms. The van der Waals surface area contributed by atoms with E-state index in [9.17, 15) is 18.8 Å². The van der Waals surface area contributed by atoms with E-state index in [1.165, 1.54) is 0 Å². The van der Waals surface area contributed by atoms with E-state index >= 15 is 0 Å². The van der Waals surface area contributed by atoms with Crippen molar-refractivity contribution in [2.75, 3.05) is 31.1 Å². The second-order valence-electron chi connectivity index (χ2n) is 6.74. The molecule has 2 aromatic heterocycles. The maximum atomic E-state index is 14.6. The van der Waals surface area contributed by atoms with E-state index in [-0.39, 0.29) is 28.7 Å². The van der Waals surface area contributed by atoms with Crippen molar-refractivity contribution in [3.05, 3.63) is 33.9 Å². The van der Waals surface area contributed by atoms with Gasteiger partial charge in [0.2, 0.25) is 5.43 Å². The maximum absolute atomic E-state index is 14.6. The first-order valence-electron chi connectivity index (χ1n) is 9.06. The van der Waals surface area contributed by atoms with Gasteiger partial charge >= 0.3 is 5.97 Å². The molecule has 9 nitrogen and oxygen atoms in total. The van der Waals surface area contributed by atoms with Gasteiger partial charge in [-0.25, -0.2) is 14.2 Å². The van der Waals surface area contributed by atoms with Crippen LogP contribution in [0.15, 0.2) is 17.1 Å². The van der Waals surface area contributed by atoms with Gasteiger partial charge in [0, 0.05) is 44.7 Å². The minimum atomic E-state index is -1.38. The van der Waals surface area contributed by atoms with Crippen LogP contribution in [0.2, 0.25) is 0 Å². The number of anilines is 1. The summed E-state index contributed by atoms with van der Waals surface area (Å²) < 4.78 is 14.6. The van der Waals surface area contributed by atoms with Crippen LogP contribution < -0.4 is 21.4 Å². The van der Waals surface area contributed by atoms with Gasteiger partial charge in [-0.05, 0) is 19.0 Å². The van der Waals surface area contributed by atoms with Crippen LogP contribution in [-0.2, 0) is 4.79 Å². The number of halogens is 1. The molecule has 2 aromatic rings. The molecule has 1 aliphatic rings. The van der Waals surface area contributed by atoms with Crippen LogP contribution in [0.4, 0.5) is 10.2 Å². The van der Waals surface area contributed by atoms with Gasteiger partial charge in [-0.3, -0.25) is 9.59 Å². The molecule has 0 aromatic carbocycles. The normalized spacial score (nSPS) is 16.6.